The summed E-state index contributed by atoms with van der Waals surface area (Å²) in [7, 11) is 0. The number of ether oxygens (including phenoxy) is 1. The zero-order valence-electron chi connectivity index (χ0n) is 17.5. The highest BCUT2D eigenvalue weighted by Gasteiger charge is 2.45. The van der Waals surface area contributed by atoms with Gasteiger partial charge < -0.3 is 20.5 Å². The smallest absolute Gasteiger partial charge is 0.407 e. The molecule has 0 spiro atoms. The molecule has 0 radical (unpaired) electrons. The number of pyridine rings is 1. The lowest BCUT2D eigenvalue weighted by atomic mass is 9.84. The molecule has 1 amide bonds. The first kappa shape index (κ1) is 20.5. The number of aromatic nitrogens is 1. The molecule has 6 nitrogen and oxygen atoms in total. The Morgan fingerprint density at radius 3 is 2.83 bits per heavy atom. The van der Waals surface area contributed by atoms with Crippen molar-refractivity contribution in [1.29, 1.82) is 0 Å². The molecule has 1 saturated heterocycles. The average molecular weight is 410 g/mol. The molecule has 1 aromatic carbocycles. The fourth-order valence-corrected chi connectivity index (χ4v) is 5.02. The predicted octanol–water partition coefficient (Wildman–Crippen LogP) is 4.38. The summed E-state index contributed by atoms with van der Waals surface area (Å²) in [4.78, 5) is 17.7. The molecule has 1 saturated carbocycles. The van der Waals surface area contributed by atoms with E-state index in [4.69, 9.17) is 10.5 Å². The second-order valence-electron chi connectivity index (χ2n) is 8.79. The summed E-state index contributed by atoms with van der Waals surface area (Å²) in [5.41, 5.74) is 8.57. The van der Waals surface area contributed by atoms with Crippen LogP contribution in [0.5, 0.6) is 5.88 Å². The van der Waals surface area contributed by atoms with Crippen molar-refractivity contribution in [3.05, 3.63) is 53.7 Å². The number of hydrogen-bond donors (Lipinski definition) is 2. The largest absolute Gasteiger partial charge is 0.477 e. The van der Waals surface area contributed by atoms with Crippen LogP contribution in [-0.2, 0) is 6.42 Å². The number of aryl methyl sites for hydroxylation is 1. The van der Waals surface area contributed by atoms with Gasteiger partial charge >= 0.3 is 6.09 Å². The number of anilines is 1. The fraction of sp³-hybridized carbons (Fsp3) is 0.500. The predicted molar refractivity (Wildman–Crippen MR) is 116 cm³/mol. The maximum atomic E-state index is 11.7. The van der Waals surface area contributed by atoms with E-state index in [-0.39, 0.29) is 6.04 Å². The highest BCUT2D eigenvalue weighted by atomic mass is 16.5. The summed E-state index contributed by atoms with van der Waals surface area (Å²) in [6, 6.07) is 12.2. The number of nitrogen functional groups attached to an aromatic ring is 1. The van der Waals surface area contributed by atoms with Crippen molar-refractivity contribution in [3.8, 4) is 5.88 Å². The normalized spacial score (nSPS) is 25.7. The summed E-state index contributed by atoms with van der Waals surface area (Å²) >= 11 is 0. The van der Waals surface area contributed by atoms with Crippen molar-refractivity contribution in [2.24, 2.45) is 17.8 Å². The molecule has 160 valence electrons. The fourth-order valence-electron chi connectivity index (χ4n) is 5.02. The lowest BCUT2D eigenvalue weighted by Crippen LogP contribution is -2.47. The maximum Gasteiger partial charge on any atom is 0.407 e. The highest BCUT2D eigenvalue weighted by Crippen LogP contribution is 2.50. The average Bonchev–Trinajstić information content (AvgIpc) is 3.50. The van der Waals surface area contributed by atoms with Gasteiger partial charge in [0.1, 0.15) is 0 Å². The molecule has 0 bridgehead atoms. The van der Waals surface area contributed by atoms with Crippen LogP contribution in [0.2, 0.25) is 0 Å². The summed E-state index contributed by atoms with van der Waals surface area (Å²) in [6.45, 7) is 3.27. The summed E-state index contributed by atoms with van der Waals surface area (Å²) in [5.74, 6) is 2.65. The van der Waals surface area contributed by atoms with Gasteiger partial charge in [0.25, 0.3) is 0 Å². The van der Waals surface area contributed by atoms with Gasteiger partial charge in [-0.25, -0.2) is 9.78 Å². The molecule has 3 N–H and O–H groups in total. The third-order valence-corrected chi connectivity index (χ3v) is 6.68. The van der Waals surface area contributed by atoms with Crippen LogP contribution >= 0.6 is 0 Å². The van der Waals surface area contributed by atoms with Crippen LogP contribution in [0.15, 0.2) is 42.6 Å². The summed E-state index contributed by atoms with van der Waals surface area (Å²) < 4.78 is 5.87. The summed E-state index contributed by atoms with van der Waals surface area (Å²) in [6.07, 6.45) is 5.82. The molecule has 2 aromatic rings. The minimum atomic E-state index is -0.790. The lowest BCUT2D eigenvalue weighted by molar-refractivity contribution is 0.0834. The van der Waals surface area contributed by atoms with Gasteiger partial charge in [-0.1, -0.05) is 30.3 Å². The van der Waals surface area contributed by atoms with E-state index in [1.807, 2.05) is 31.2 Å². The number of piperidine rings is 1. The Bertz CT molecular complexity index is 873. The number of hydrogen-bond acceptors (Lipinski definition) is 4. The van der Waals surface area contributed by atoms with E-state index in [9.17, 15) is 9.90 Å². The van der Waals surface area contributed by atoms with Gasteiger partial charge in [0, 0.05) is 18.2 Å². The van der Waals surface area contributed by atoms with Crippen molar-refractivity contribution in [2.75, 3.05) is 18.9 Å². The van der Waals surface area contributed by atoms with E-state index in [1.54, 1.807) is 11.1 Å². The molecule has 1 aliphatic carbocycles. The second-order valence-corrected chi connectivity index (χ2v) is 8.79. The molecule has 4 rings (SSSR count). The standard InChI is InChI=1S/C24H31N3O3/c1-16-11-20(25)15-26-23(16)30-10-8-19-14-22(19)18-7-9-27(24(28)29)21(13-18)12-17-5-3-2-4-6-17/h2-6,11,15,18-19,21-22H,7-10,12-14,25H2,1H3,(H,28,29)/t18?,19-,21?,22-/m1/s1. The van der Waals surface area contributed by atoms with Crippen molar-refractivity contribution >= 4 is 11.8 Å². The Balaban J connectivity index is 1.29. The molecule has 4 atom stereocenters. The van der Waals surface area contributed by atoms with E-state index in [2.05, 4.69) is 17.1 Å². The lowest BCUT2D eigenvalue weighted by Gasteiger charge is -2.38. The number of carboxylic acid groups (broad SMARTS) is 1. The number of benzene rings is 1. The molecule has 2 fully saturated rings. The minimum Gasteiger partial charge on any atom is -0.477 e. The van der Waals surface area contributed by atoms with Crippen LogP contribution in [0.1, 0.15) is 36.8 Å². The number of amides is 1. The first-order chi connectivity index (χ1) is 14.5. The summed E-state index contributed by atoms with van der Waals surface area (Å²) in [5, 5.41) is 9.64. The molecule has 2 aliphatic rings. The molecule has 2 unspecified atom stereocenters. The van der Waals surface area contributed by atoms with Gasteiger partial charge in [0.15, 0.2) is 0 Å². The Labute approximate surface area is 178 Å². The molecule has 1 aliphatic heterocycles. The zero-order chi connectivity index (χ0) is 21.1. The number of carbonyl (C=O) groups is 1. The number of rotatable bonds is 7. The quantitative estimate of drug-likeness (QED) is 0.708. The highest BCUT2D eigenvalue weighted by molar-refractivity contribution is 5.65. The number of likely N-dealkylation sites (tertiary alicyclic amines) is 1. The SMILES string of the molecule is Cc1cc(N)cnc1OCC[C@@H]1C[C@@H]1C1CCN(C(=O)O)C(Cc2ccccc2)C1. The zero-order valence-corrected chi connectivity index (χ0v) is 17.5. The van der Waals surface area contributed by atoms with E-state index >= 15 is 0 Å². The first-order valence-electron chi connectivity index (χ1n) is 10.9. The van der Waals surface area contributed by atoms with Gasteiger partial charge in [0.2, 0.25) is 5.88 Å². The van der Waals surface area contributed by atoms with Crippen molar-refractivity contribution in [3.63, 3.8) is 0 Å². The molecule has 2 heterocycles. The Morgan fingerprint density at radius 1 is 1.30 bits per heavy atom. The van der Waals surface area contributed by atoms with E-state index in [1.165, 1.54) is 12.0 Å². The maximum absolute atomic E-state index is 11.7. The van der Waals surface area contributed by atoms with Crippen molar-refractivity contribution < 1.29 is 14.6 Å². The molecular weight excluding hydrogens is 378 g/mol. The van der Waals surface area contributed by atoms with Crippen molar-refractivity contribution in [1.82, 2.24) is 9.88 Å². The van der Waals surface area contributed by atoms with Crippen LogP contribution in [0.3, 0.4) is 0 Å². The monoisotopic (exact) mass is 409 g/mol. The molecule has 6 heteroatoms. The van der Waals surface area contributed by atoms with Crippen LogP contribution in [0, 0.1) is 24.7 Å². The van der Waals surface area contributed by atoms with E-state index < -0.39 is 6.09 Å². The molecule has 1 aromatic heterocycles. The second kappa shape index (κ2) is 8.94. The van der Waals surface area contributed by atoms with Gasteiger partial charge in [-0.15, -0.1) is 0 Å². The molecular formula is C24H31N3O3. The van der Waals surface area contributed by atoms with Gasteiger partial charge in [0.05, 0.1) is 18.5 Å². The van der Waals surface area contributed by atoms with Crippen molar-refractivity contribution in [2.45, 2.75) is 45.1 Å². The third-order valence-electron chi connectivity index (χ3n) is 6.68. The topological polar surface area (TPSA) is 88.7 Å². The van der Waals surface area contributed by atoms with Gasteiger partial charge in [-0.3, -0.25) is 0 Å². The van der Waals surface area contributed by atoms with Gasteiger partial charge in [-0.05, 0) is 68.4 Å². The van der Waals surface area contributed by atoms with Crippen LogP contribution in [-0.4, -0.2) is 40.3 Å². The Morgan fingerprint density at radius 2 is 2.10 bits per heavy atom. The number of nitrogens with two attached hydrogens (primary N) is 1. The molecule has 30 heavy (non-hydrogen) atoms. The van der Waals surface area contributed by atoms with E-state index in [0.717, 1.165) is 31.2 Å². The Kier molecular flexibility index (Phi) is 6.11. The van der Waals surface area contributed by atoms with Crippen LogP contribution < -0.4 is 10.5 Å². The third kappa shape index (κ3) is 4.86. The Hall–Kier alpha value is -2.76. The van der Waals surface area contributed by atoms with E-state index in [0.29, 0.717) is 42.5 Å². The van der Waals surface area contributed by atoms with Crippen LogP contribution in [0.25, 0.3) is 0 Å². The van der Waals surface area contributed by atoms with Gasteiger partial charge in [-0.2, -0.15) is 0 Å². The number of nitrogens with zero attached hydrogens (tertiary/aromatic N) is 2. The first-order valence-corrected chi connectivity index (χ1v) is 10.9. The minimum absolute atomic E-state index is 0.0720. The van der Waals surface area contributed by atoms with Crippen LogP contribution in [0.4, 0.5) is 10.5 Å².